The molecule has 0 aliphatic carbocycles. The summed E-state index contributed by atoms with van der Waals surface area (Å²) >= 11 is 0. The van der Waals surface area contributed by atoms with Gasteiger partial charge >= 0.3 is 0 Å². The predicted molar refractivity (Wildman–Crippen MR) is 72.6 cm³/mol. The Kier molecular flexibility index (Phi) is 5.16. The highest BCUT2D eigenvalue weighted by atomic mass is 32.2. The van der Waals surface area contributed by atoms with Gasteiger partial charge in [-0.3, -0.25) is 0 Å². The zero-order valence-corrected chi connectivity index (χ0v) is 12.2. The molecule has 1 aromatic carbocycles. The van der Waals surface area contributed by atoms with Gasteiger partial charge in [-0.25, -0.2) is 13.1 Å². The van der Waals surface area contributed by atoms with E-state index in [1.54, 1.807) is 12.1 Å². The minimum atomic E-state index is -3.49. The van der Waals surface area contributed by atoms with Gasteiger partial charge in [-0.05, 0) is 50.5 Å². The van der Waals surface area contributed by atoms with E-state index in [-0.39, 0.29) is 4.90 Å². The van der Waals surface area contributed by atoms with Crippen LogP contribution in [0, 0.1) is 13.8 Å². The summed E-state index contributed by atoms with van der Waals surface area (Å²) in [5.74, 6) is 0.421. The SMILES string of the molecule is CCCNS(=O)(=O)c1cc(C)c(C)cc1OCC. The molecule has 0 aromatic heterocycles. The maximum absolute atomic E-state index is 12.2. The number of hydrogen-bond donors (Lipinski definition) is 1. The van der Waals surface area contributed by atoms with Crippen LogP contribution in [0.25, 0.3) is 0 Å². The Morgan fingerprint density at radius 1 is 1.17 bits per heavy atom. The molecule has 0 fully saturated rings. The van der Waals surface area contributed by atoms with E-state index in [0.29, 0.717) is 18.9 Å². The first kappa shape index (κ1) is 15.0. The van der Waals surface area contributed by atoms with E-state index in [1.807, 2.05) is 27.7 Å². The van der Waals surface area contributed by atoms with Gasteiger partial charge in [0.25, 0.3) is 0 Å². The van der Waals surface area contributed by atoms with Crippen molar-refractivity contribution in [3.63, 3.8) is 0 Å². The van der Waals surface area contributed by atoms with Crippen molar-refractivity contribution in [2.75, 3.05) is 13.2 Å². The van der Waals surface area contributed by atoms with Gasteiger partial charge in [0, 0.05) is 6.54 Å². The molecule has 0 unspecified atom stereocenters. The molecule has 18 heavy (non-hydrogen) atoms. The molecule has 102 valence electrons. The number of sulfonamides is 1. The molecule has 0 bridgehead atoms. The first-order valence-corrected chi connectivity index (χ1v) is 7.64. The zero-order valence-electron chi connectivity index (χ0n) is 11.4. The smallest absolute Gasteiger partial charge is 0.244 e. The van der Waals surface area contributed by atoms with Gasteiger partial charge in [0.05, 0.1) is 6.61 Å². The summed E-state index contributed by atoms with van der Waals surface area (Å²) in [6.07, 6.45) is 0.758. The highest BCUT2D eigenvalue weighted by Crippen LogP contribution is 2.27. The van der Waals surface area contributed by atoms with E-state index in [9.17, 15) is 8.42 Å². The fourth-order valence-corrected chi connectivity index (χ4v) is 2.90. The van der Waals surface area contributed by atoms with Crippen LogP contribution in [-0.2, 0) is 10.0 Å². The molecule has 5 heteroatoms. The molecular formula is C13H21NO3S. The van der Waals surface area contributed by atoms with E-state index in [2.05, 4.69) is 4.72 Å². The lowest BCUT2D eigenvalue weighted by atomic mass is 10.1. The Morgan fingerprint density at radius 3 is 2.33 bits per heavy atom. The van der Waals surface area contributed by atoms with Crippen LogP contribution in [0.5, 0.6) is 5.75 Å². The van der Waals surface area contributed by atoms with Gasteiger partial charge in [0.1, 0.15) is 10.6 Å². The van der Waals surface area contributed by atoms with Crippen molar-refractivity contribution in [1.82, 2.24) is 4.72 Å². The summed E-state index contributed by atoms with van der Waals surface area (Å²) in [5.41, 5.74) is 1.96. The fourth-order valence-electron chi connectivity index (χ4n) is 1.56. The minimum absolute atomic E-state index is 0.223. The highest BCUT2D eigenvalue weighted by molar-refractivity contribution is 7.89. The number of ether oxygens (including phenoxy) is 1. The van der Waals surface area contributed by atoms with Gasteiger partial charge < -0.3 is 4.74 Å². The second-order valence-electron chi connectivity index (χ2n) is 4.21. The third-order valence-corrected chi connectivity index (χ3v) is 4.17. The van der Waals surface area contributed by atoms with Crippen LogP contribution < -0.4 is 9.46 Å². The first-order chi connectivity index (χ1) is 8.42. The topological polar surface area (TPSA) is 55.4 Å². The quantitative estimate of drug-likeness (QED) is 0.864. The third kappa shape index (κ3) is 3.46. The predicted octanol–water partition coefficient (Wildman–Crippen LogP) is 2.39. The number of rotatable bonds is 6. The second kappa shape index (κ2) is 6.20. The first-order valence-electron chi connectivity index (χ1n) is 6.16. The summed E-state index contributed by atoms with van der Waals surface area (Å²) in [4.78, 5) is 0.223. The zero-order chi connectivity index (χ0) is 13.8. The van der Waals surface area contributed by atoms with Gasteiger partial charge in [0.15, 0.2) is 0 Å². The third-order valence-electron chi connectivity index (χ3n) is 2.69. The van der Waals surface area contributed by atoms with Crippen LogP contribution in [0.15, 0.2) is 17.0 Å². The minimum Gasteiger partial charge on any atom is -0.492 e. The summed E-state index contributed by atoms with van der Waals surface area (Å²) in [5, 5.41) is 0. The van der Waals surface area contributed by atoms with E-state index >= 15 is 0 Å². The van der Waals surface area contributed by atoms with E-state index in [1.165, 1.54) is 0 Å². The summed E-state index contributed by atoms with van der Waals surface area (Å²) in [7, 11) is -3.49. The lowest BCUT2D eigenvalue weighted by Crippen LogP contribution is -2.25. The molecule has 0 atom stereocenters. The van der Waals surface area contributed by atoms with Crippen LogP contribution in [0.1, 0.15) is 31.4 Å². The van der Waals surface area contributed by atoms with Gasteiger partial charge in [-0.2, -0.15) is 0 Å². The number of benzene rings is 1. The average molecular weight is 271 g/mol. The van der Waals surface area contributed by atoms with Gasteiger partial charge in [-0.15, -0.1) is 0 Å². The Bertz CT molecular complexity index is 509. The van der Waals surface area contributed by atoms with Crippen molar-refractivity contribution < 1.29 is 13.2 Å². The monoisotopic (exact) mass is 271 g/mol. The Hall–Kier alpha value is -1.07. The highest BCUT2D eigenvalue weighted by Gasteiger charge is 2.20. The molecule has 1 rings (SSSR count). The average Bonchev–Trinajstić information content (AvgIpc) is 2.31. The van der Waals surface area contributed by atoms with Crippen molar-refractivity contribution in [2.24, 2.45) is 0 Å². The molecule has 0 radical (unpaired) electrons. The molecule has 0 aliphatic rings. The normalized spacial score (nSPS) is 11.6. The maximum atomic E-state index is 12.2. The molecule has 4 nitrogen and oxygen atoms in total. The molecule has 0 heterocycles. The number of aryl methyl sites for hydroxylation is 2. The van der Waals surface area contributed by atoms with Crippen LogP contribution in [0.3, 0.4) is 0 Å². The van der Waals surface area contributed by atoms with Crippen LogP contribution in [0.4, 0.5) is 0 Å². The Labute approximate surface area is 109 Å². The van der Waals surface area contributed by atoms with E-state index in [0.717, 1.165) is 17.5 Å². The van der Waals surface area contributed by atoms with Crippen molar-refractivity contribution in [3.8, 4) is 5.75 Å². The van der Waals surface area contributed by atoms with Crippen molar-refractivity contribution in [2.45, 2.75) is 39.0 Å². The van der Waals surface area contributed by atoms with E-state index < -0.39 is 10.0 Å². The molecule has 1 N–H and O–H groups in total. The molecule has 0 aliphatic heterocycles. The lowest BCUT2D eigenvalue weighted by Gasteiger charge is -2.14. The molecule has 0 saturated carbocycles. The molecule has 0 spiro atoms. The Morgan fingerprint density at radius 2 is 1.78 bits per heavy atom. The molecule has 0 amide bonds. The van der Waals surface area contributed by atoms with Gasteiger partial charge in [-0.1, -0.05) is 6.92 Å². The van der Waals surface area contributed by atoms with E-state index in [4.69, 9.17) is 4.74 Å². The summed E-state index contributed by atoms with van der Waals surface area (Å²) in [6.45, 7) is 8.47. The molecular weight excluding hydrogens is 250 g/mol. The summed E-state index contributed by atoms with van der Waals surface area (Å²) < 4.78 is 32.3. The molecule has 0 saturated heterocycles. The van der Waals surface area contributed by atoms with Crippen LogP contribution >= 0.6 is 0 Å². The summed E-state index contributed by atoms with van der Waals surface area (Å²) in [6, 6.07) is 3.44. The standard InChI is InChI=1S/C13H21NO3S/c1-5-7-14-18(15,16)13-9-11(4)10(3)8-12(13)17-6-2/h8-9,14H,5-7H2,1-4H3. The van der Waals surface area contributed by atoms with Crippen molar-refractivity contribution in [3.05, 3.63) is 23.3 Å². The number of nitrogens with one attached hydrogen (secondary N) is 1. The van der Waals surface area contributed by atoms with Crippen molar-refractivity contribution in [1.29, 1.82) is 0 Å². The second-order valence-corrected chi connectivity index (χ2v) is 5.95. The van der Waals surface area contributed by atoms with Crippen LogP contribution in [-0.4, -0.2) is 21.6 Å². The van der Waals surface area contributed by atoms with Crippen molar-refractivity contribution >= 4 is 10.0 Å². The number of hydrogen-bond acceptors (Lipinski definition) is 3. The van der Waals surface area contributed by atoms with Crippen LogP contribution in [0.2, 0.25) is 0 Å². The fraction of sp³-hybridized carbons (Fsp3) is 0.538. The lowest BCUT2D eigenvalue weighted by molar-refractivity contribution is 0.330. The van der Waals surface area contributed by atoms with Gasteiger partial charge in [0.2, 0.25) is 10.0 Å². The molecule has 1 aromatic rings. The Balaban J connectivity index is 3.24. The maximum Gasteiger partial charge on any atom is 0.244 e. The largest absolute Gasteiger partial charge is 0.492 e.